The number of carbonyl (C=O) groups is 1. The number of aromatic nitrogens is 1. The monoisotopic (exact) mass is 589 g/mol. The lowest BCUT2D eigenvalue weighted by Gasteiger charge is -2.23. The van der Waals surface area contributed by atoms with Gasteiger partial charge in [-0.15, -0.1) is 0 Å². The molecule has 0 aliphatic rings. The molecule has 0 radical (unpaired) electrons. The number of nitrogens with zero attached hydrogens (tertiary/aromatic N) is 2. The lowest BCUT2D eigenvalue weighted by atomic mass is 10.1. The number of carbonyl (C=O) groups excluding carboxylic acids is 1. The number of nitrogens with one attached hydrogen (secondary N) is 1. The van der Waals surface area contributed by atoms with E-state index in [-0.39, 0.29) is 15.5 Å². The lowest BCUT2D eigenvalue weighted by molar-refractivity contribution is -0.138. The molecule has 9 nitrogen and oxygen atoms in total. The van der Waals surface area contributed by atoms with Gasteiger partial charge in [0.2, 0.25) is 0 Å². The van der Waals surface area contributed by atoms with Crippen LogP contribution >= 0.6 is 0 Å². The SMILES string of the molecule is COC(=O)CN(c1ccc2cc3ccc(NS(=O)(=O)c4ccc(C)cc4)cc3nc2c1)S(=O)(=O)c1ccc(C)cc1. The Labute approximate surface area is 238 Å². The molecule has 0 spiro atoms. The molecule has 5 aromatic rings. The maximum absolute atomic E-state index is 13.6. The molecule has 0 saturated carbocycles. The second kappa shape index (κ2) is 10.8. The van der Waals surface area contributed by atoms with Gasteiger partial charge in [-0.3, -0.25) is 13.8 Å². The molecule has 210 valence electrons. The Morgan fingerprint density at radius 3 is 1.93 bits per heavy atom. The highest BCUT2D eigenvalue weighted by atomic mass is 32.2. The van der Waals surface area contributed by atoms with Gasteiger partial charge in [-0.2, -0.15) is 0 Å². The number of ether oxygens (including phenoxy) is 1. The number of fused-ring (bicyclic) bond motifs is 2. The van der Waals surface area contributed by atoms with E-state index in [9.17, 15) is 21.6 Å². The van der Waals surface area contributed by atoms with E-state index in [1.54, 1.807) is 60.7 Å². The quantitative estimate of drug-likeness (QED) is 0.196. The number of sulfonamides is 2. The zero-order valence-electron chi connectivity index (χ0n) is 22.5. The lowest BCUT2D eigenvalue weighted by Crippen LogP contribution is -2.36. The minimum absolute atomic E-state index is 0.0315. The number of hydrogen-bond donors (Lipinski definition) is 1. The summed E-state index contributed by atoms with van der Waals surface area (Å²) in [4.78, 5) is 17.1. The summed E-state index contributed by atoms with van der Waals surface area (Å²) < 4.78 is 61.3. The van der Waals surface area contributed by atoms with Crippen LogP contribution in [0.5, 0.6) is 0 Å². The Bertz CT molecular complexity index is 1990. The maximum atomic E-state index is 13.6. The highest BCUT2D eigenvalue weighted by Crippen LogP contribution is 2.30. The van der Waals surface area contributed by atoms with E-state index in [1.807, 2.05) is 19.9 Å². The number of benzene rings is 4. The molecule has 0 bridgehead atoms. The average Bonchev–Trinajstić information content (AvgIpc) is 2.94. The van der Waals surface area contributed by atoms with E-state index in [0.29, 0.717) is 16.7 Å². The van der Waals surface area contributed by atoms with Crippen LogP contribution in [0.25, 0.3) is 21.8 Å². The molecule has 11 heteroatoms. The Hall–Kier alpha value is -4.48. The normalized spacial score (nSPS) is 11.9. The van der Waals surface area contributed by atoms with Crippen LogP contribution in [0.4, 0.5) is 11.4 Å². The maximum Gasteiger partial charge on any atom is 0.326 e. The first-order chi connectivity index (χ1) is 19.5. The molecule has 1 N–H and O–H groups in total. The highest BCUT2D eigenvalue weighted by molar-refractivity contribution is 7.93. The van der Waals surface area contributed by atoms with Gasteiger partial charge in [-0.05, 0) is 68.4 Å². The van der Waals surface area contributed by atoms with Gasteiger partial charge in [0.1, 0.15) is 6.54 Å². The van der Waals surface area contributed by atoms with Crippen molar-refractivity contribution in [2.24, 2.45) is 0 Å². The highest BCUT2D eigenvalue weighted by Gasteiger charge is 2.28. The molecule has 5 rings (SSSR count). The number of methoxy groups -OCH3 is 1. The van der Waals surface area contributed by atoms with Crippen molar-refractivity contribution in [1.29, 1.82) is 0 Å². The van der Waals surface area contributed by atoms with Crippen molar-refractivity contribution >= 4 is 59.2 Å². The number of pyridine rings is 1. The largest absolute Gasteiger partial charge is 0.468 e. The van der Waals surface area contributed by atoms with E-state index in [2.05, 4.69) is 9.71 Å². The fourth-order valence-electron chi connectivity index (χ4n) is 4.30. The Morgan fingerprint density at radius 1 is 0.756 bits per heavy atom. The molecule has 0 aliphatic carbocycles. The standard InChI is InChI=1S/C30H27N3O6S2/c1-20-4-12-26(13-5-20)40(35,36)32-24-10-8-22-16-23-9-11-25(18-29(23)31-28(22)17-24)33(19-30(34)39-3)41(37,38)27-14-6-21(2)7-15-27/h4-18,32H,19H2,1-3H3. The van der Waals surface area contributed by atoms with E-state index >= 15 is 0 Å². The van der Waals surface area contributed by atoms with Gasteiger partial charge >= 0.3 is 5.97 Å². The molecular weight excluding hydrogens is 562 g/mol. The zero-order valence-corrected chi connectivity index (χ0v) is 24.2. The molecule has 0 amide bonds. The topological polar surface area (TPSA) is 123 Å². The number of esters is 1. The molecular formula is C30H27N3O6S2. The summed E-state index contributed by atoms with van der Waals surface area (Å²) in [6, 6.07) is 24.7. The Kier molecular flexibility index (Phi) is 7.41. The van der Waals surface area contributed by atoms with Crippen molar-refractivity contribution in [2.75, 3.05) is 22.7 Å². The van der Waals surface area contributed by atoms with Crippen LogP contribution in [0.1, 0.15) is 11.1 Å². The third-order valence-corrected chi connectivity index (χ3v) is 9.76. The number of anilines is 2. The van der Waals surface area contributed by atoms with Crippen molar-refractivity contribution in [3.8, 4) is 0 Å². The van der Waals surface area contributed by atoms with Crippen LogP contribution in [-0.4, -0.2) is 41.4 Å². The Morgan fingerprint density at radius 2 is 1.32 bits per heavy atom. The molecule has 0 fully saturated rings. The Balaban J connectivity index is 1.55. The van der Waals surface area contributed by atoms with Crippen molar-refractivity contribution in [1.82, 2.24) is 4.98 Å². The molecule has 0 aliphatic heterocycles. The van der Waals surface area contributed by atoms with Gasteiger partial charge in [-0.25, -0.2) is 21.8 Å². The summed E-state index contributed by atoms with van der Waals surface area (Å²) in [5.74, 6) is -0.724. The first kappa shape index (κ1) is 28.1. The van der Waals surface area contributed by atoms with Crippen molar-refractivity contribution < 1.29 is 26.4 Å². The first-order valence-electron chi connectivity index (χ1n) is 12.6. The summed E-state index contributed by atoms with van der Waals surface area (Å²) in [7, 11) is -6.74. The molecule has 41 heavy (non-hydrogen) atoms. The van der Waals surface area contributed by atoms with Crippen LogP contribution in [0.2, 0.25) is 0 Å². The number of rotatable bonds is 8. The summed E-state index contributed by atoms with van der Waals surface area (Å²) in [5.41, 5.74) is 3.36. The summed E-state index contributed by atoms with van der Waals surface area (Å²) in [6.07, 6.45) is 0. The summed E-state index contributed by atoms with van der Waals surface area (Å²) in [5, 5.41) is 1.50. The van der Waals surface area contributed by atoms with E-state index in [0.717, 1.165) is 26.2 Å². The van der Waals surface area contributed by atoms with Crippen molar-refractivity contribution in [3.05, 3.63) is 102 Å². The number of aryl methyl sites for hydroxylation is 2. The third-order valence-electron chi connectivity index (χ3n) is 6.58. The zero-order chi connectivity index (χ0) is 29.4. The van der Waals surface area contributed by atoms with Gasteiger partial charge in [-0.1, -0.05) is 47.5 Å². The molecule has 0 saturated heterocycles. The van der Waals surface area contributed by atoms with E-state index < -0.39 is 32.6 Å². The van der Waals surface area contributed by atoms with Gasteiger partial charge < -0.3 is 4.74 Å². The van der Waals surface area contributed by atoms with Crippen molar-refractivity contribution in [3.63, 3.8) is 0 Å². The van der Waals surface area contributed by atoms with Gasteiger partial charge in [0.15, 0.2) is 0 Å². The second-order valence-corrected chi connectivity index (χ2v) is 13.1. The molecule has 0 atom stereocenters. The van der Waals surface area contributed by atoms with Crippen LogP contribution < -0.4 is 9.03 Å². The third kappa shape index (κ3) is 5.86. The van der Waals surface area contributed by atoms with E-state index in [1.165, 1.54) is 31.4 Å². The molecule has 1 aromatic heterocycles. The minimum atomic E-state index is -4.12. The number of hydrogen-bond acceptors (Lipinski definition) is 7. The first-order valence-corrected chi connectivity index (χ1v) is 15.5. The van der Waals surface area contributed by atoms with Gasteiger partial charge in [0.05, 0.1) is 39.3 Å². The van der Waals surface area contributed by atoms with Gasteiger partial charge in [0.25, 0.3) is 20.0 Å². The fraction of sp³-hybridized carbons (Fsp3) is 0.133. The predicted molar refractivity (Wildman–Crippen MR) is 159 cm³/mol. The molecule has 0 unspecified atom stereocenters. The average molecular weight is 590 g/mol. The minimum Gasteiger partial charge on any atom is -0.468 e. The summed E-state index contributed by atoms with van der Waals surface area (Å²) >= 11 is 0. The second-order valence-electron chi connectivity index (χ2n) is 9.59. The summed E-state index contributed by atoms with van der Waals surface area (Å²) in [6.45, 7) is 3.19. The van der Waals surface area contributed by atoms with Crippen LogP contribution in [0, 0.1) is 13.8 Å². The van der Waals surface area contributed by atoms with Crippen LogP contribution in [-0.2, 0) is 29.6 Å². The molecule has 1 heterocycles. The fourth-order valence-corrected chi connectivity index (χ4v) is 6.75. The molecule has 4 aromatic carbocycles. The van der Waals surface area contributed by atoms with Crippen LogP contribution in [0.3, 0.4) is 0 Å². The van der Waals surface area contributed by atoms with E-state index in [4.69, 9.17) is 4.74 Å². The smallest absolute Gasteiger partial charge is 0.326 e. The predicted octanol–water partition coefficient (Wildman–Crippen LogP) is 5.17. The van der Waals surface area contributed by atoms with Gasteiger partial charge in [0, 0.05) is 10.8 Å². The van der Waals surface area contributed by atoms with Crippen LogP contribution in [0.15, 0.2) is 101 Å². The van der Waals surface area contributed by atoms with Crippen molar-refractivity contribution in [2.45, 2.75) is 23.6 Å².